The van der Waals surface area contributed by atoms with Gasteiger partial charge in [-0.3, -0.25) is 0 Å². The van der Waals surface area contributed by atoms with E-state index in [1.807, 2.05) is 0 Å². The van der Waals surface area contributed by atoms with Gasteiger partial charge in [-0.25, -0.2) is 0 Å². The molecule has 1 fully saturated rings. The highest BCUT2D eigenvalue weighted by atomic mass is 32.2. The molecule has 0 spiro atoms. The Hall–Kier alpha value is -0.170. The number of piperidine rings is 1. The van der Waals surface area contributed by atoms with Crippen LogP contribution in [0, 0.1) is 5.92 Å². The molecule has 5 nitrogen and oxygen atoms in total. The Morgan fingerprint density at radius 2 is 2.05 bits per heavy atom. The van der Waals surface area contributed by atoms with E-state index in [0.29, 0.717) is 19.0 Å². The first-order valence-electron chi connectivity index (χ1n) is 8.33. The average molecular weight is 320 g/mol. The van der Waals surface area contributed by atoms with Crippen molar-refractivity contribution in [2.75, 3.05) is 33.2 Å². The first-order valence-corrected chi connectivity index (χ1v) is 9.73. The molecule has 1 heterocycles. The molecule has 0 aliphatic carbocycles. The molecule has 0 aromatic rings. The summed E-state index contributed by atoms with van der Waals surface area (Å²) in [6, 6.07) is 0.108. The van der Waals surface area contributed by atoms with Gasteiger partial charge in [-0.2, -0.15) is 17.0 Å². The Balaban J connectivity index is 2.67. The second kappa shape index (κ2) is 9.08. The molecule has 21 heavy (non-hydrogen) atoms. The number of nitrogens with one attached hydrogen (secondary N) is 1. The molecule has 0 aromatic carbocycles. The standard InChI is InChI=1S/C15H33N3O2S/c1-5-10-16-13-15-8-6-7-11-18(15)21(19,20)17(4)12-9-14(2)3/h14-16H,5-13H2,1-4H3. The van der Waals surface area contributed by atoms with Crippen molar-refractivity contribution in [1.82, 2.24) is 13.9 Å². The molecule has 126 valence electrons. The number of nitrogens with zero attached hydrogens (tertiary/aromatic N) is 2. The van der Waals surface area contributed by atoms with E-state index in [1.165, 1.54) is 4.31 Å². The van der Waals surface area contributed by atoms with Crippen molar-refractivity contribution >= 4 is 10.2 Å². The molecule has 1 N–H and O–H groups in total. The Morgan fingerprint density at radius 1 is 1.33 bits per heavy atom. The molecule has 1 unspecified atom stereocenters. The zero-order valence-electron chi connectivity index (χ0n) is 14.1. The number of hydrogen-bond acceptors (Lipinski definition) is 3. The van der Waals surface area contributed by atoms with Crippen LogP contribution in [0.1, 0.15) is 52.9 Å². The predicted octanol–water partition coefficient (Wildman–Crippen LogP) is 2.06. The Kier molecular flexibility index (Phi) is 8.16. The lowest BCUT2D eigenvalue weighted by Gasteiger charge is -2.37. The van der Waals surface area contributed by atoms with Crippen LogP contribution in [0.5, 0.6) is 0 Å². The van der Waals surface area contributed by atoms with E-state index in [-0.39, 0.29) is 6.04 Å². The smallest absolute Gasteiger partial charge is 0.282 e. The Labute approximate surface area is 131 Å². The fraction of sp³-hybridized carbons (Fsp3) is 1.00. The van der Waals surface area contributed by atoms with Crippen LogP contribution in [-0.4, -0.2) is 56.3 Å². The quantitative estimate of drug-likeness (QED) is 0.662. The summed E-state index contributed by atoms with van der Waals surface area (Å²) in [5.74, 6) is 0.519. The van der Waals surface area contributed by atoms with Crippen molar-refractivity contribution in [3.8, 4) is 0 Å². The van der Waals surface area contributed by atoms with Crippen molar-refractivity contribution in [3.63, 3.8) is 0 Å². The maximum Gasteiger partial charge on any atom is 0.282 e. The van der Waals surface area contributed by atoms with Crippen LogP contribution in [0.3, 0.4) is 0 Å². The monoisotopic (exact) mass is 319 g/mol. The van der Waals surface area contributed by atoms with Crippen LogP contribution in [0.25, 0.3) is 0 Å². The van der Waals surface area contributed by atoms with Crippen molar-refractivity contribution in [3.05, 3.63) is 0 Å². The van der Waals surface area contributed by atoms with E-state index < -0.39 is 10.2 Å². The lowest BCUT2D eigenvalue weighted by Crippen LogP contribution is -2.53. The lowest BCUT2D eigenvalue weighted by atomic mass is 10.1. The molecule has 6 heteroatoms. The van der Waals surface area contributed by atoms with Crippen molar-refractivity contribution in [2.24, 2.45) is 5.92 Å². The largest absolute Gasteiger partial charge is 0.315 e. The van der Waals surface area contributed by atoms with Crippen LogP contribution in [-0.2, 0) is 10.2 Å². The van der Waals surface area contributed by atoms with Crippen molar-refractivity contribution < 1.29 is 8.42 Å². The van der Waals surface area contributed by atoms with E-state index in [2.05, 4.69) is 26.1 Å². The predicted molar refractivity (Wildman–Crippen MR) is 88.5 cm³/mol. The van der Waals surface area contributed by atoms with Crippen LogP contribution in [0.15, 0.2) is 0 Å². The normalized spacial score (nSPS) is 21.3. The SMILES string of the molecule is CCCNCC1CCCCN1S(=O)(=O)N(C)CCC(C)C. The molecule has 1 rings (SSSR count). The Morgan fingerprint density at radius 3 is 2.67 bits per heavy atom. The van der Waals surface area contributed by atoms with Crippen LogP contribution in [0.4, 0.5) is 0 Å². The summed E-state index contributed by atoms with van der Waals surface area (Å²) in [5, 5.41) is 3.37. The summed E-state index contributed by atoms with van der Waals surface area (Å²) < 4.78 is 28.8. The van der Waals surface area contributed by atoms with Gasteiger partial charge in [0.1, 0.15) is 0 Å². The van der Waals surface area contributed by atoms with Gasteiger partial charge in [-0.05, 0) is 38.1 Å². The van der Waals surface area contributed by atoms with Gasteiger partial charge in [0.2, 0.25) is 0 Å². The van der Waals surface area contributed by atoms with Gasteiger partial charge in [-0.15, -0.1) is 0 Å². The molecular formula is C15H33N3O2S. The first kappa shape index (κ1) is 18.9. The fourth-order valence-electron chi connectivity index (χ4n) is 2.66. The van der Waals surface area contributed by atoms with Crippen LogP contribution in [0.2, 0.25) is 0 Å². The van der Waals surface area contributed by atoms with E-state index in [1.54, 1.807) is 11.4 Å². The molecule has 1 saturated heterocycles. The zero-order valence-corrected chi connectivity index (χ0v) is 15.0. The lowest BCUT2D eigenvalue weighted by molar-refractivity contribution is 0.229. The molecular weight excluding hydrogens is 286 g/mol. The third-order valence-corrected chi connectivity index (χ3v) is 6.14. The topological polar surface area (TPSA) is 52.7 Å². The zero-order chi connectivity index (χ0) is 15.9. The third kappa shape index (κ3) is 5.85. The van der Waals surface area contributed by atoms with Gasteiger partial charge in [-0.1, -0.05) is 27.2 Å². The molecule has 0 aromatic heterocycles. The molecule has 1 atom stereocenters. The Bertz CT molecular complexity index is 384. The van der Waals surface area contributed by atoms with Crippen LogP contribution >= 0.6 is 0 Å². The van der Waals surface area contributed by atoms with Gasteiger partial charge in [0, 0.05) is 32.7 Å². The number of hydrogen-bond donors (Lipinski definition) is 1. The summed E-state index contributed by atoms with van der Waals surface area (Å²) in [4.78, 5) is 0. The summed E-state index contributed by atoms with van der Waals surface area (Å²) in [7, 11) is -1.61. The number of rotatable bonds is 9. The summed E-state index contributed by atoms with van der Waals surface area (Å²) in [6.07, 6.45) is 5.05. The molecule has 0 saturated carbocycles. The highest BCUT2D eigenvalue weighted by Crippen LogP contribution is 2.22. The fourth-order valence-corrected chi connectivity index (χ4v) is 4.27. The maximum atomic E-state index is 12.8. The minimum atomic E-state index is -3.32. The third-order valence-electron chi connectivity index (χ3n) is 4.09. The minimum Gasteiger partial charge on any atom is -0.315 e. The molecule has 0 bridgehead atoms. The first-order chi connectivity index (χ1) is 9.89. The van der Waals surface area contributed by atoms with Crippen LogP contribution < -0.4 is 5.32 Å². The summed E-state index contributed by atoms with van der Waals surface area (Å²) >= 11 is 0. The highest BCUT2D eigenvalue weighted by Gasteiger charge is 2.34. The molecule has 1 aliphatic heterocycles. The van der Waals surface area contributed by atoms with E-state index in [9.17, 15) is 8.42 Å². The van der Waals surface area contributed by atoms with E-state index in [0.717, 1.165) is 45.2 Å². The maximum absolute atomic E-state index is 12.8. The second-order valence-electron chi connectivity index (χ2n) is 6.48. The molecule has 0 radical (unpaired) electrons. The van der Waals surface area contributed by atoms with Gasteiger partial charge >= 0.3 is 0 Å². The average Bonchev–Trinajstić information content (AvgIpc) is 2.45. The van der Waals surface area contributed by atoms with E-state index >= 15 is 0 Å². The molecule has 0 amide bonds. The van der Waals surface area contributed by atoms with Gasteiger partial charge < -0.3 is 5.32 Å². The minimum absolute atomic E-state index is 0.108. The van der Waals surface area contributed by atoms with Gasteiger partial charge in [0.25, 0.3) is 10.2 Å². The van der Waals surface area contributed by atoms with Gasteiger partial charge in [0.05, 0.1) is 0 Å². The van der Waals surface area contributed by atoms with Crippen molar-refractivity contribution in [1.29, 1.82) is 0 Å². The van der Waals surface area contributed by atoms with E-state index in [4.69, 9.17) is 0 Å². The molecule has 1 aliphatic rings. The summed E-state index contributed by atoms with van der Waals surface area (Å²) in [6.45, 7) is 9.36. The second-order valence-corrected chi connectivity index (χ2v) is 8.46. The van der Waals surface area contributed by atoms with Gasteiger partial charge in [0.15, 0.2) is 0 Å². The summed E-state index contributed by atoms with van der Waals surface area (Å²) in [5.41, 5.74) is 0. The van der Waals surface area contributed by atoms with Crippen molar-refractivity contribution in [2.45, 2.75) is 58.9 Å². The highest BCUT2D eigenvalue weighted by molar-refractivity contribution is 7.86.